The van der Waals surface area contributed by atoms with Crippen molar-refractivity contribution in [3.8, 4) is 0 Å². The highest BCUT2D eigenvalue weighted by molar-refractivity contribution is 5.88. The van der Waals surface area contributed by atoms with E-state index in [2.05, 4.69) is 11.8 Å². The molecule has 0 aromatic rings. The first-order chi connectivity index (χ1) is 8.21. The van der Waals surface area contributed by atoms with Crippen LogP contribution in [0.1, 0.15) is 39.5 Å². The smallest absolute Gasteiger partial charge is 0.333 e. The Kier molecular flexibility index (Phi) is 6.27. The number of methoxy groups -OCH3 is 1. The zero-order valence-electron chi connectivity index (χ0n) is 11.4. The molecule has 1 unspecified atom stereocenters. The van der Waals surface area contributed by atoms with Crippen molar-refractivity contribution >= 4 is 5.97 Å². The number of carbonyl (C=O) groups excluding carboxylic acids is 1. The molecule has 1 saturated heterocycles. The molecule has 1 aliphatic heterocycles. The van der Waals surface area contributed by atoms with Gasteiger partial charge in [-0.05, 0) is 31.7 Å². The highest BCUT2D eigenvalue weighted by atomic mass is 16.5. The van der Waals surface area contributed by atoms with Crippen molar-refractivity contribution in [2.24, 2.45) is 5.92 Å². The molecule has 0 spiro atoms. The Morgan fingerprint density at radius 3 is 2.82 bits per heavy atom. The molecule has 3 heteroatoms. The number of likely N-dealkylation sites (tertiary alicyclic amines) is 1. The lowest BCUT2D eigenvalue weighted by Crippen LogP contribution is -2.21. The number of nitrogens with zero attached hydrogens (tertiary/aromatic N) is 1. The third kappa shape index (κ3) is 4.50. The van der Waals surface area contributed by atoms with Gasteiger partial charge in [-0.2, -0.15) is 0 Å². The molecule has 1 atom stereocenters. The van der Waals surface area contributed by atoms with Crippen molar-refractivity contribution in [3.63, 3.8) is 0 Å². The largest absolute Gasteiger partial charge is 0.466 e. The van der Waals surface area contributed by atoms with Crippen molar-refractivity contribution in [2.45, 2.75) is 39.5 Å². The quantitative estimate of drug-likeness (QED) is 0.527. The summed E-state index contributed by atoms with van der Waals surface area (Å²) < 4.78 is 4.75. The first-order valence-corrected chi connectivity index (χ1v) is 6.70. The van der Waals surface area contributed by atoms with Crippen LogP contribution in [0.4, 0.5) is 0 Å². The van der Waals surface area contributed by atoms with E-state index < -0.39 is 0 Å². The van der Waals surface area contributed by atoms with Gasteiger partial charge < -0.3 is 4.74 Å². The van der Waals surface area contributed by atoms with Gasteiger partial charge in [0.05, 0.1) is 7.11 Å². The Balaban J connectivity index is 2.39. The Hall–Kier alpha value is -0.830. The van der Waals surface area contributed by atoms with E-state index >= 15 is 0 Å². The van der Waals surface area contributed by atoms with E-state index in [0.717, 1.165) is 24.5 Å². The highest BCUT2D eigenvalue weighted by Crippen LogP contribution is 2.20. The first kappa shape index (κ1) is 14.2. The Labute approximate surface area is 105 Å². The van der Waals surface area contributed by atoms with E-state index in [1.807, 2.05) is 13.0 Å². The highest BCUT2D eigenvalue weighted by Gasteiger charge is 2.20. The maximum Gasteiger partial charge on any atom is 0.333 e. The lowest BCUT2D eigenvalue weighted by Gasteiger charge is -2.14. The molecule has 1 aliphatic rings. The summed E-state index contributed by atoms with van der Waals surface area (Å²) in [6, 6.07) is 0. The number of hydrogen-bond donors (Lipinski definition) is 0. The lowest BCUT2D eigenvalue weighted by atomic mass is 10.0. The second-order valence-electron chi connectivity index (χ2n) is 4.78. The van der Waals surface area contributed by atoms with E-state index in [9.17, 15) is 4.79 Å². The molecular formula is C14H25NO2. The number of hydrogen-bond acceptors (Lipinski definition) is 3. The standard InChI is InChI=1S/C14H25NO2/c1-4-6-12-7-9-15(11-12)10-8-13(5-2)14(16)17-3/h8,12H,4-7,9-11H2,1-3H3/b13-8-. The zero-order chi connectivity index (χ0) is 12.7. The molecular weight excluding hydrogens is 214 g/mol. The third-order valence-electron chi connectivity index (χ3n) is 3.49. The van der Waals surface area contributed by atoms with Crippen LogP contribution in [-0.4, -0.2) is 37.6 Å². The Morgan fingerprint density at radius 1 is 1.47 bits per heavy atom. The molecule has 1 rings (SSSR count). The van der Waals surface area contributed by atoms with E-state index in [0.29, 0.717) is 0 Å². The first-order valence-electron chi connectivity index (χ1n) is 6.70. The SMILES string of the molecule is CCCC1CCN(C/C=C(/CC)C(=O)OC)C1. The molecule has 17 heavy (non-hydrogen) atoms. The molecule has 1 heterocycles. The van der Waals surface area contributed by atoms with Crippen LogP contribution in [0.5, 0.6) is 0 Å². The average molecular weight is 239 g/mol. The van der Waals surface area contributed by atoms with Crippen molar-refractivity contribution < 1.29 is 9.53 Å². The monoisotopic (exact) mass is 239 g/mol. The van der Waals surface area contributed by atoms with Gasteiger partial charge in [0.1, 0.15) is 0 Å². The van der Waals surface area contributed by atoms with Crippen molar-refractivity contribution in [3.05, 3.63) is 11.6 Å². The van der Waals surface area contributed by atoms with E-state index in [1.165, 1.54) is 39.5 Å². The normalized spacial score (nSPS) is 21.8. The van der Waals surface area contributed by atoms with Gasteiger partial charge in [0.2, 0.25) is 0 Å². The Morgan fingerprint density at radius 2 is 2.24 bits per heavy atom. The summed E-state index contributed by atoms with van der Waals surface area (Å²) in [5, 5.41) is 0. The van der Waals surface area contributed by atoms with Crippen LogP contribution in [0.25, 0.3) is 0 Å². The summed E-state index contributed by atoms with van der Waals surface area (Å²) in [4.78, 5) is 13.8. The van der Waals surface area contributed by atoms with Crippen LogP contribution < -0.4 is 0 Å². The molecule has 0 aromatic carbocycles. The number of ether oxygens (including phenoxy) is 1. The minimum Gasteiger partial charge on any atom is -0.466 e. The van der Waals surface area contributed by atoms with E-state index in [1.54, 1.807) is 0 Å². The Bertz CT molecular complexity index is 273. The molecule has 1 fully saturated rings. The summed E-state index contributed by atoms with van der Waals surface area (Å²) >= 11 is 0. The van der Waals surface area contributed by atoms with Gasteiger partial charge in [0, 0.05) is 18.7 Å². The molecule has 3 nitrogen and oxygen atoms in total. The van der Waals surface area contributed by atoms with Gasteiger partial charge in [0.15, 0.2) is 0 Å². The number of esters is 1. The third-order valence-corrected chi connectivity index (χ3v) is 3.49. The van der Waals surface area contributed by atoms with Crippen molar-refractivity contribution in [2.75, 3.05) is 26.7 Å². The fourth-order valence-electron chi connectivity index (χ4n) is 2.46. The number of carbonyl (C=O) groups is 1. The predicted molar refractivity (Wildman–Crippen MR) is 69.8 cm³/mol. The summed E-state index contributed by atoms with van der Waals surface area (Å²) in [5.41, 5.74) is 0.798. The molecule has 0 N–H and O–H groups in total. The molecule has 0 amide bonds. The second kappa shape index (κ2) is 7.49. The molecule has 0 radical (unpaired) electrons. The van der Waals surface area contributed by atoms with E-state index in [-0.39, 0.29) is 5.97 Å². The van der Waals surface area contributed by atoms with Gasteiger partial charge in [-0.3, -0.25) is 4.90 Å². The lowest BCUT2D eigenvalue weighted by molar-refractivity contribution is -0.136. The topological polar surface area (TPSA) is 29.5 Å². The second-order valence-corrected chi connectivity index (χ2v) is 4.78. The fraction of sp³-hybridized carbons (Fsp3) is 0.786. The van der Waals surface area contributed by atoms with Crippen LogP contribution >= 0.6 is 0 Å². The summed E-state index contributed by atoms with van der Waals surface area (Å²) in [5.74, 6) is 0.674. The molecule has 0 aromatic heterocycles. The van der Waals surface area contributed by atoms with Crippen LogP contribution in [-0.2, 0) is 9.53 Å². The van der Waals surface area contributed by atoms with Crippen LogP contribution in [0.2, 0.25) is 0 Å². The van der Waals surface area contributed by atoms with Gasteiger partial charge in [-0.25, -0.2) is 4.79 Å². The van der Waals surface area contributed by atoms with Gasteiger partial charge in [-0.1, -0.05) is 26.3 Å². The van der Waals surface area contributed by atoms with Crippen molar-refractivity contribution in [1.82, 2.24) is 4.90 Å². The molecule has 0 saturated carbocycles. The van der Waals surface area contributed by atoms with Crippen molar-refractivity contribution in [1.29, 1.82) is 0 Å². The molecule has 0 aliphatic carbocycles. The summed E-state index contributed by atoms with van der Waals surface area (Å²) in [7, 11) is 1.44. The average Bonchev–Trinajstić information content (AvgIpc) is 2.78. The van der Waals surface area contributed by atoms with Gasteiger partial charge in [-0.15, -0.1) is 0 Å². The molecule has 98 valence electrons. The van der Waals surface area contributed by atoms with Gasteiger partial charge in [0.25, 0.3) is 0 Å². The molecule has 0 bridgehead atoms. The minimum absolute atomic E-state index is 0.184. The maximum atomic E-state index is 11.4. The van der Waals surface area contributed by atoms with Crippen LogP contribution in [0, 0.1) is 5.92 Å². The minimum atomic E-state index is -0.184. The fourth-order valence-corrected chi connectivity index (χ4v) is 2.46. The summed E-state index contributed by atoms with van der Waals surface area (Å²) in [6.07, 6.45) is 6.69. The predicted octanol–water partition coefficient (Wildman–Crippen LogP) is 2.62. The zero-order valence-corrected chi connectivity index (χ0v) is 11.4. The van der Waals surface area contributed by atoms with Crippen LogP contribution in [0.15, 0.2) is 11.6 Å². The maximum absolute atomic E-state index is 11.4. The summed E-state index contributed by atoms with van der Waals surface area (Å²) in [6.45, 7) is 7.47. The number of rotatable bonds is 6. The van der Waals surface area contributed by atoms with Crippen LogP contribution in [0.3, 0.4) is 0 Å². The van der Waals surface area contributed by atoms with Gasteiger partial charge >= 0.3 is 5.97 Å². The van der Waals surface area contributed by atoms with E-state index in [4.69, 9.17) is 4.74 Å².